The van der Waals surface area contributed by atoms with Gasteiger partial charge in [-0.1, -0.05) is 12.1 Å². The van der Waals surface area contributed by atoms with E-state index in [1.807, 2.05) is 18.2 Å². The second-order valence-corrected chi connectivity index (χ2v) is 6.56. The van der Waals surface area contributed by atoms with E-state index >= 15 is 0 Å². The molecule has 0 fully saturated rings. The van der Waals surface area contributed by atoms with E-state index in [0.29, 0.717) is 10.6 Å². The molecular weight excluding hydrogens is 250 g/mol. The summed E-state index contributed by atoms with van der Waals surface area (Å²) in [5.74, 6) is 0.683. The summed E-state index contributed by atoms with van der Waals surface area (Å²) in [5, 5.41) is 3.95. The molecule has 1 N–H and O–H groups in total. The monoisotopic (exact) mass is 263 g/mol. The highest BCUT2D eigenvalue weighted by Crippen LogP contribution is 2.40. The maximum atomic E-state index is 12.3. The minimum absolute atomic E-state index is 0.375. The van der Waals surface area contributed by atoms with Gasteiger partial charge in [0.1, 0.15) is 11.1 Å². The zero-order valence-electron chi connectivity index (χ0n) is 10.1. The van der Waals surface area contributed by atoms with E-state index in [1.54, 1.807) is 26.2 Å². The molecule has 0 amide bonds. The van der Waals surface area contributed by atoms with Gasteiger partial charge in [0, 0.05) is 16.5 Å². The van der Waals surface area contributed by atoms with Crippen LogP contribution in [0.2, 0.25) is 0 Å². The number of hydrogen-bond acceptors (Lipinski definition) is 4. The first-order valence-electron chi connectivity index (χ1n) is 5.66. The summed E-state index contributed by atoms with van der Waals surface area (Å²) >= 11 is 0. The predicted molar refractivity (Wildman–Crippen MR) is 70.8 cm³/mol. The van der Waals surface area contributed by atoms with E-state index in [4.69, 9.17) is 4.74 Å². The molecule has 5 heteroatoms. The van der Waals surface area contributed by atoms with Gasteiger partial charge in [0.25, 0.3) is 0 Å². The molecule has 94 valence electrons. The normalized spacial score (nSPS) is 20.4. The maximum absolute atomic E-state index is 12.3. The van der Waals surface area contributed by atoms with Gasteiger partial charge in [-0.05, 0) is 25.1 Å². The highest BCUT2D eigenvalue weighted by Gasteiger charge is 2.31. The Labute approximate surface area is 105 Å². The van der Waals surface area contributed by atoms with Crippen molar-refractivity contribution in [2.45, 2.75) is 17.2 Å². The SMILES string of the molecule is COc1ccc2c3c(cccc13)NC(C)S2(=O)=O. The molecule has 0 saturated carbocycles. The van der Waals surface area contributed by atoms with Gasteiger partial charge in [-0.2, -0.15) is 0 Å². The molecule has 0 aliphatic carbocycles. The fraction of sp³-hybridized carbons (Fsp3) is 0.231. The van der Waals surface area contributed by atoms with Crippen molar-refractivity contribution in [1.29, 1.82) is 0 Å². The predicted octanol–water partition coefficient (Wildman–Crippen LogP) is 2.39. The fourth-order valence-electron chi connectivity index (χ4n) is 2.37. The Morgan fingerprint density at radius 3 is 2.72 bits per heavy atom. The maximum Gasteiger partial charge on any atom is 0.199 e. The Balaban J connectivity index is 2.51. The quantitative estimate of drug-likeness (QED) is 0.858. The first-order chi connectivity index (χ1) is 8.55. The van der Waals surface area contributed by atoms with Crippen molar-refractivity contribution in [3.05, 3.63) is 30.3 Å². The zero-order chi connectivity index (χ0) is 12.9. The zero-order valence-corrected chi connectivity index (χ0v) is 10.9. The van der Waals surface area contributed by atoms with Crippen LogP contribution >= 0.6 is 0 Å². The van der Waals surface area contributed by atoms with Gasteiger partial charge >= 0.3 is 0 Å². The molecule has 1 atom stereocenters. The van der Waals surface area contributed by atoms with E-state index in [9.17, 15) is 8.42 Å². The van der Waals surface area contributed by atoms with Crippen LogP contribution in [0.25, 0.3) is 10.8 Å². The molecule has 0 bridgehead atoms. The van der Waals surface area contributed by atoms with Crippen molar-refractivity contribution >= 4 is 26.3 Å². The lowest BCUT2D eigenvalue weighted by Gasteiger charge is -2.25. The third kappa shape index (κ3) is 1.34. The summed E-state index contributed by atoms with van der Waals surface area (Å²) in [7, 11) is -1.74. The van der Waals surface area contributed by atoms with Gasteiger partial charge in [-0.3, -0.25) is 0 Å². The van der Waals surface area contributed by atoms with Crippen molar-refractivity contribution in [2.24, 2.45) is 0 Å². The Morgan fingerprint density at radius 1 is 1.22 bits per heavy atom. The summed E-state index contributed by atoms with van der Waals surface area (Å²) in [6.45, 7) is 1.65. The Morgan fingerprint density at radius 2 is 2.00 bits per heavy atom. The van der Waals surface area contributed by atoms with Crippen molar-refractivity contribution in [3.63, 3.8) is 0 Å². The summed E-state index contributed by atoms with van der Waals surface area (Å²) < 4.78 is 29.9. The van der Waals surface area contributed by atoms with E-state index < -0.39 is 15.2 Å². The molecule has 3 rings (SSSR count). The van der Waals surface area contributed by atoms with E-state index in [1.165, 1.54) is 0 Å². The molecule has 18 heavy (non-hydrogen) atoms. The number of sulfone groups is 1. The average Bonchev–Trinajstić information content (AvgIpc) is 2.36. The van der Waals surface area contributed by atoms with Crippen LogP contribution in [0, 0.1) is 0 Å². The topological polar surface area (TPSA) is 55.4 Å². The van der Waals surface area contributed by atoms with Crippen molar-refractivity contribution in [2.75, 3.05) is 12.4 Å². The largest absolute Gasteiger partial charge is 0.496 e. The van der Waals surface area contributed by atoms with Crippen LogP contribution < -0.4 is 10.1 Å². The lowest BCUT2D eigenvalue weighted by atomic mass is 10.1. The van der Waals surface area contributed by atoms with Gasteiger partial charge in [-0.25, -0.2) is 8.42 Å². The number of rotatable bonds is 1. The smallest absolute Gasteiger partial charge is 0.199 e. The van der Waals surface area contributed by atoms with Crippen LogP contribution in [0.5, 0.6) is 5.75 Å². The van der Waals surface area contributed by atoms with Gasteiger partial charge < -0.3 is 10.1 Å². The van der Waals surface area contributed by atoms with Crippen LogP contribution in [0.1, 0.15) is 6.92 Å². The summed E-state index contributed by atoms with van der Waals surface area (Å²) in [5.41, 5.74) is 0.837. The number of nitrogens with one attached hydrogen (secondary N) is 1. The molecule has 0 aromatic heterocycles. The number of benzene rings is 2. The third-order valence-electron chi connectivity index (χ3n) is 3.31. The van der Waals surface area contributed by atoms with Crippen LogP contribution in [0.15, 0.2) is 35.2 Å². The lowest BCUT2D eigenvalue weighted by Crippen LogP contribution is -2.30. The summed E-state index contributed by atoms with van der Waals surface area (Å²) in [4.78, 5) is 0.375. The molecule has 0 spiro atoms. The second kappa shape index (κ2) is 3.62. The third-order valence-corrected chi connectivity index (χ3v) is 5.32. The second-order valence-electron chi connectivity index (χ2n) is 4.33. The highest BCUT2D eigenvalue weighted by molar-refractivity contribution is 7.92. The number of methoxy groups -OCH3 is 1. The molecule has 2 aromatic carbocycles. The molecule has 1 heterocycles. The summed E-state index contributed by atoms with van der Waals surface area (Å²) in [6.07, 6.45) is 0. The molecule has 2 aromatic rings. The molecule has 1 unspecified atom stereocenters. The number of ether oxygens (including phenoxy) is 1. The van der Waals surface area contributed by atoms with Gasteiger partial charge in [0.2, 0.25) is 0 Å². The molecule has 1 aliphatic rings. The molecule has 1 aliphatic heterocycles. The standard InChI is InChI=1S/C13H13NO3S/c1-8-14-10-5-3-4-9-11(17-2)6-7-12(13(9)10)18(8,15)16/h3-8,14H,1-2H3. The first-order valence-corrected chi connectivity index (χ1v) is 7.20. The van der Waals surface area contributed by atoms with Gasteiger partial charge in [-0.15, -0.1) is 0 Å². The van der Waals surface area contributed by atoms with Crippen molar-refractivity contribution in [1.82, 2.24) is 0 Å². The Hall–Kier alpha value is -1.75. The summed E-state index contributed by atoms with van der Waals surface area (Å²) in [6, 6.07) is 8.97. The molecular formula is C13H13NO3S. The Kier molecular flexibility index (Phi) is 2.28. The molecule has 0 radical (unpaired) electrons. The average molecular weight is 263 g/mol. The van der Waals surface area contributed by atoms with Crippen molar-refractivity contribution < 1.29 is 13.2 Å². The molecule has 0 saturated heterocycles. The van der Waals surface area contributed by atoms with E-state index in [2.05, 4.69) is 5.32 Å². The molecule has 4 nitrogen and oxygen atoms in total. The minimum atomic E-state index is -3.32. The van der Waals surface area contributed by atoms with E-state index in [0.717, 1.165) is 16.5 Å². The minimum Gasteiger partial charge on any atom is -0.496 e. The van der Waals surface area contributed by atoms with Gasteiger partial charge in [0.15, 0.2) is 9.84 Å². The first kappa shape index (κ1) is 11.3. The van der Waals surface area contributed by atoms with Crippen LogP contribution in [-0.4, -0.2) is 20.9 Å². The van der Waals surface area contributed by atoms with Crippen molar-refractivity contribution in [3.8, 4) is 5.75 Å². The number of anilines is 1. The van der Waals surface area contributed by atoms with Crippen LogP contribution in [0.4, 0.5) is 5.69 Å². The Bertz CT molecular complexity index is 737. The lowest BCUT2D eigenvalue weighted by molar-refractivity contribution is 0.419. The van der Waals surface area contributed by atoms with E-state index in [-0.39, 0.29) is 0 Å². The van der Waals surface area contributed by atoms with Gasteiger partial charge in [0.05, 0.1) is 12.0 Å². The fourth-order valence-corrected chi connectivity index (χ4v) is 3.80. The van der Waals surface area contributed by atoms with Crippen LogP contribution in [-0.2, 0) is 9.84 Å². The highest BCUT2D eigenvalue weighted by atomic mass is 32.2. The van der Waals surface area contributed by atoms with Crippen LogP contribution in [0.3, 0.4) is 0 Å². The number of hydrogen-bond donors (Lipinski definition) is 1.